The van der Waals surface area contributed by atoms with Gasteiger partial charge in [0.05, 0.1) is 0 Å². The zero-order valence-corrected chi connectivity index (χ0v) is 29.9. The molecule has 1 heterocycles. The van der Waals surface area contributed by atoms with Crippen molar-refractivity contribution in [2.75, 3.05) is 50.0 Å². The number of hydrogen-bond donors (Lipinski definition) is 2. The van der Waals surface area contributed by atoms with E-state index >= 15 is 0 Å². The second-order valence-corrected chi connectivity index (χ2v) is 13.5. The molecule has 1 aliphatic heterocycles. The van der Waals surface area contributed by atoms with Gasteiger partial charge in [0, 0.05) is 74.7 Å². The summed E-state index contributed by atoms with van der Waals surface area (Å²) in [6.07, 6.45) is 0.777. The molecule has 1 fully saturated rings. The summed E-state index contributed by atoms with van der Waals surface area (Å²) in [6, 6.07) is 33.8. The standard InChI is InChI=1S/C40H48ClN5O3/c1-29(2)44(5)39(48)38(32-11-7-6-8-12-32)46-26-24-45(25-27-46)36-18-20-37(21-19-36)49-40(4,33-14-16-35(17-15-33)43-30(3)47)42-23-22-31-10-9-13-34(41)28-31/h6-21,28-29,38,42H,22-27H2,1-5H3,(H,43,47). The van der Waals surface area contributed by atoms with Gasteiger partial charge in [0.25, 0.3) is 0 Å². The van der Waals surface area contributed by atoms with E-state index in [1.807, 2.05) is 91.7 Å². The average Bonchev–Trinajstić information content (AvgIpc) is 3.09. The Morgan fingerprint density at radius 2 is 1.57 bits per heavy atom. The summed E-state index contributed by atoms with van der Waals surface area (Å²) in [5, 5.41) is 7.17. The molecule has 2 amide bonds. The third-order valence-electron chi connectivity index (χ3n) is 9.20. The number of nitrogens with one attached hydrogen (secondary N) is 2. The van der Waals surface area contributed by atoms with Gasteiger partial charge in [0.15, 0.2) is 5.72 Å². The van der Waals surface area contributed by atoms with Crippen LogP contribution < -0.4 is 20.3 Å². The van der Waals surface area contributed by atoms with Crippen LogP contribution in [-0.2, 0) is 21.7 Å². The highest BCUT2D eigenvalue weighted by Crippen LogP contribution is 2.31. The van der Waals surface area contributed by atoms with Gasteiger partial charge in [-0.05, 0) is 86.8 Å². The minimum atomic E-state index is -0.845. The highest BCUT2D eigenvalue weighted by atomic mass is 35.5. The summed E-state index contributed by atoms with van der Waals surface area (Å²) in [5.74, 6) is 0.749. The number of rotatable bonds is 13. The Kier molecular flexibility index (Phi) is 12.0. The van der Waals surface area contributed by atoms with Crippen LogP contribution in [0.2, 0.25) is 5.02 Å². The van der Waals surface area contributed by atoms with E-state index in [2.05, 4.69) is 64.6 Å². The number of likely N-dealkylation sites (N-methyl/N-ethyl adjacent to an activating group) is 1. The molecule has 49 heavy (non-hydrogen) atoms. The van der Waals surface area contributed by atoms with Crippen molar-refractivity contribution in [2.45, 2.75) is 51.9 Å². The molecule has 4 aromatic carbocycles. The molecule has 258 valence electrons. The van der Waals surface area contributed by atoms with Gasteiger partial charge in [-0.15, -0.1) is 0 Å². The van der Waals surface area contributed by atoms with E-state index in [1.165, 1.54) is 6.92 Å². The number of nitrogens with zero attached hydrogens (tertiary/aromatic N) is 3. The van der Waals surface area contributed by atoms with Crippen LogP contribution >= 0.6 is 11.6 Å². The lowest BCUT2D eigenvalue weighted by Gasteiger charge is -2.41. The van der Waals surface area contributed by atoms with E-state index in [1.54, 1.807) is 0 Å². The molecular weight excluding hydrogens is 634 g/mol. The fourth-order valence-corrected chi connectivity index (χ4v) is 6.41. The second-order valence-electron chi connectivity index (χ2n) is 13.1. The van der Waals surface area contributed by atoms with Crippen LogP contribution in [0.4, 0.5) is 11.4 Å². The number of piperazine rings is 1. The molecule has 2 atom stereocenters. The Morgan fingerprint density at radius 3 is 2.18 bits per heavy atom. The summed E-state index contributed by atoms with van der Waals surface area (Å²) < 4.78 is 6.69. The van der Waals surface area contributed by atoms with E-state index in [0.29, 0.717) is 6.54 Å². The Hall–Kier alpha value is -4.37. The number of ether oxygens (including phenoxy) is 1. The summed E-state index contributed by atoms with van der Waals surface area (Å²) in [5.41, 5.74) is 4.10. The van der Waals surface area contributed by atoms with Crippen molar-refractivity contribution in [3.8, 4) is 5.75 Å². The molecule has 5 rings (SSSR count). The van der Waals surface area contributed by atoms with Crippen LogP contribution in [-0.4, -0.2) is 67.4 Å². The number of hydrogen-bond acceptors (Lipinski definition) is 6. The number of carbonyl (C=O) groups is 2. The summed E-state index contributed by atoms with van der Waals surface area (Å²) in [6.45, 7) is 11.5. The van der Waals surface area contributed by atoms with Gasteiger partial charge >= 0.3 is 0 Å². The maximum absolute atomic E-state index is 13.6. The molecule has 0 spiro atoms. The van der Waals surface area contributed by atoms with Crippen LogP contribution in [0.3, 0.4) is 0 Å². The summed E-state index contributed by atoms with van der Waals surface area (Å²) >= 11 is 6.22. The van der Waals surface area contributed by atoms with Gasteiger partial charge in [0.1, 0.15) is 11.8 Å². The predicted octanol–water partition coefficient (Wildman–Crippen LogP) is 7.11. The van der Waals surface area contributed by atoms with Crippen molar-refractivity contribution in [3.05, 3.63) is 125 Å². The zero-order valence-electron chi connectivity index (χ0n) is 29.2. The average molecular weight is 682 g/mol. The Bertz CT molecular complexity index is 1670. The van der Waals surface area contributed by atoms with Crippen LogP contribution in [0.15, 0.2) is 103 Å². The highest BCUT2D eigenvalue weighted by Gasteiger charge is 2.33. The second kappa shape index (κ2) is 16.4. The fraction of sp³-hybridized carbons (Fsp3) is 0.350. The maximum atomic E-state index is 13.6. The minimum absolute atomic E-state index is 0.115. The molecular formula is C40H48ClN5O3. The summed E-state index contributed by atoms with van der Waals surface area (Å²) in [4.78, 5) is 31.7. The number of amides is 2. The highest BCUT2D eigenvalue weighted by molar-refractivity contribution is 6.30. The normalized spacial score (nSPS) is 15.4. The van der Waals surface area contributed by atoms with Crippen LogP contribution in [0, 0.1) is 0 Å². The summed E-state index contributed by atoms with van der Waals surface area (Å²) in [7, 11) is 1.89. The Balaban J connectivity index is 1.27. The van der Waals surface area contributed by atoms with Gasteiger partial charge in [-0.3, -0.25) is 19.8 Å². The van der Waals surface area contributed by atoms with Gasteiger partial charge < -0.3 is 19.9 Å². The van der Waals surface area contributed by atoms with E-state index in [0.717, 1.165) is 71.4 Å². The lowest BCUT2D eigenvalue weighted by molar-refractivity contribution is -0.137. The van der Waals surface area contributed by atoms with E-state index in [9.17, 15) is 9.59 Å². The van der Waals surface area contributed by atoms with Crippen molar-refractivity contribution >= 4 is 34.8 Å². The third kappa shape index (κ3) is 9.41. The molecule has 0 radical (unpaired) electrons. The van der Waals surface area contributed by atoms with E-state index < -0.39 is 5.72 Å². The Morgan fingerprint density at radius 1 is 0.898 bits per heavy atom. The molecule has 8 nitrogen and oxygen atoms in total. The number of anilines is 2. The first-order valence-corrected chi connectivity index (χ1v) is 17.4. The van der Waals surface area contributed by atoms with E-state index in [4.69, 9.17) is 16.3 Å². The van der Waals surface area contributed by atoms with Crippen molar-refractivity contribution in [2.24, 2.45) is 0 Å². The first-order chi connectivity index (χ1) is 23.5. The minimum Gasteiger partial charge on any atom is -0.469 e. The molecule has 0 aromatic heterocycles. The van der Waals surface area contributed by atoms with Crippen LogP contribution in [0.5, 0.6) is 5.75 Å². The molecule has 1 saturated heterocycles. The van der Waals surface area contributed by atoms with Gasteiger partial charge in [-0.2, -0.15) is 0 Å². The maximum Gasteiger partial charge on any atom is 0.244 e. The monoisotopic (exact) mass is 681 g/mol. The van der Waals surface area contributed by atoms with Crippen LogP contribution in [0.25, 0.3) is 0 Å². The SMILES string of the molecule is CC(=O)Nc1ccc(C(C)(NCCc2cccc(Cl)c2)Oc2ccc(N3CCN(C(C(=O)N(C)C(C)C)c4ccccc4)CC3)cc2)cc1. The largest absolute Gasteiger partial charge is 0.469 e. The van der Waals surface area contributed by atoms with Crippen LogP contribution in [0.1, 0.15) is 50.4 Å². The molecule has 0 bridgehead atoms. The number of benzene rings is 4. The lowest BCUT2D eigenvalue weighted by Crippen LogP contribution is -2.52. The molecule has 0 aliphatic carbocycles. The zero-order chi connectivity index (χ0) is 35.0. The molecule has 2 N–H and O–H groups in total. The predicted molar refractivity (Wildman–Crippen MR) is 199 cm³/mol. The molecule has 1 aliphatic rings. The van der Waals surface area contributed by atoms with Crippen molar-refractivity contribution in [3.63, 3.8) is 0 Å². The molecule has 4 aromatic rings. The first-order valence-electron chi connectivity index (χ1n) is 17.0. The van der Waals surface area contributed by atoms with Gasteiger partial charge in [0.2, 0.25) is 11.8 Å². The van der Waals surface area contributed by atoms with E-state index in [-0.39, 0.29) is 23.9 Å². The molecule has 0 saturated carbocycles. The third-order valence-corrected chi connectivity index (χ3v) is 9.43. The fourth-order valence-electron chi connectivity index (χ4n) is 6.20. The van der Waals surface area contributed by atoms with Gasteiger partial charge in [-0.25, -0.2) is 0 Å². The van der Waals surface area contributed by atoms with Crippen molar-refractivity contribution < 1.29 is 14.3 Å². The smallest absolute Gasteiger partial charge is 0.244 e. The number of carbonyl (C=O) groups excluding carboxylic acids is 2. The van der Waals surface area contributed by atoms with Gasteiger partial charge in [-0.1, -0.05) is 66.2 Å². The number of halogens is 1. The lowest BCUT2D eigenvalue weighted by atomic mass is 10.0. The molecule has 2 unspecified atom stereocenters. The topological polar surface area (TPSA) is 77.1 Å². The first kappa shape index (κ1) is 35.9. The Labute approximate surface area is 296 Å². The van der Waals surface area contributed by atoms with Crippen molar-refractivity contribution in [1.29, 1.82) is 0 Å². The van der Waals surface area contributed by atoms with Crippen molar-refractivity contribution in [1.82, 2.24) is 15.1 Å². The molecule has 9 heteroatoms. The quantitative estimate of drug-likeness (QED) is 0.147.